The van der Waals surface area contributed by atoms with E-state index in [1.807, 2.05) is 97.2 Å². The highest BCUT2D eigenvalue weighted by molar-refractivity contribution is 7.07. The molecule has 1 unspecified atom stereocenters. The summed E-state index contributed by atoms with van der Waals surface area (Å²) in [5.41, 5.74) is 4.91. The van der Waals surface area contributed by atoms with Gasteiger partial charge in [0.25, 0.3) is 5.56 Å². The van der Waals surface area contributed by atoms with Crippen molar-refractivity contribution in [1.29, 1.82) is 0 Å². The molecule has 8 nitrogen and oxygen atoms in total. The summed E-state index contributed by atoms with van der Waals surface area (Å²) in [5.74, 6) is -0.470. The largest absolute Gasteiger partial charge is 0.463 e. The number of aromatic nitrogens is 4. The minimum absolute atomic E-state index is 0.218. The summed E-state index contributed by atoms with van der Waals surface area (Å²) in [6.07, 6.45) is 3.72. The monoisotopic (exact) mass is 547 g/mol. The van der Waals surface area contributed by atoms with E-state index in [1.165, 1.54) is 11.3 Å². The lowest BCUT2D eigenvalue weighted by molar-refractivity contribution is -0.139. The van der Waals surface area contributed by atoms with Crippen LogP contribution in [0.2, 0.25) is 0 Å². The zero-order chi connectivity index (χ0) is 27.6. The molecule has 0 radical (unpaired) electrons. The Morgan fingerprint density at radius 1 is 1.02 bits per heavy atom. The predicted molar refractivity (Wildman–Crippen MR) is 154 cm³/mol. The third-order valence-corrected chi connectivity index (χ3v) is 7.61. The molecule has 5 aromatic rings. The number of allylic oxidation sites excluding steroid dienone is 1. The number of nitrogens with zero attached hydrogens (tertiary/aromatic N) is 5. The molecule has 2 aromatic heterocycles. The van der Waals surface area contributed by atoms with Crippen molar-refractivity contribution >= 4 is 23.4 Å². The molecule has 0 spiro atoms. The summed E-state index contributed by atoms with van der Waals surface area (Å²) in [4.78, 5) is 32.0. The van der Waals surface area contributed by atoms with E-state index in [9.17, 15) is 9.59 Å². The number of esters is 1. The lowest BCUT2D eigenvalue weighted by atomic mass is 9.96. The average Bonchev–Trinajstić information content (AvgIpc) is 3.59. The standard InChI is InChI=1S/C31H25N5O3S/c1-3-39-30(38)27-20(2)32-31-36(28(27)23-14-8-5-9-15-23)29(37)26(40-31)18-21-11-10-16-24(17-21)35-19-25(33-34-35)22-12-6-4-7-13-22/h4-19,28H,3H2,1-2H3/b26-18-. The summed E-state index contributed by atoms with van der Waals surface area (Å²) in [5, 5.41) is 8.61. The smallest absolute Gasteiger partial charge is 0.338 e. The molecule has 9 heteroatoms. The minimum Gasteiger partial charge on any atom is -0.463 e. The van der Waals surface area contributed by atoms with Crippen molar-refractivity contribution in [3.8, 4) is 16.9 Å². The number of hydrogen-bond donors (Lipinski definition) is 0. The van der Waals surface area contributed by atoms with E-state index in [2.05, 4.69) is 15.3 Å². The Morgan fingerprint density at radius 3 is 2.52 bits per heavy atom. The third-order valence-electron chi connectivity index (χ3n) is 6.63. The molecule has 1 atom stereocenters. The van der Waals surface area contributed by atoms with Gasteiger partial charge in [0.2, 0.25) is 0 Å². The van der Waals surface area contributed by atoms with Gasteiger partial charge in [-0.05, 0) is 43.2 Å². The van der Waals surface area contributed by atoms with Gasteiger partial charge in [-0.25, -0.2) is 14.5 Å². The molecule has 6 rings (SSSR count). The van der Waals surface area contributed by atoms with E-state index in [1.54, 1.807) is 23.1 Å². The van der Waals surface area contributed by atoms with Gasteiger partial charge in [-0.2, -0.15) is 0 Å². The van der Waals surface area contributed by atoms with Gasteiger partial charge < -0.3 is 4.74 Å². The Morgan fingerprint density at radius 2 is 1.77 bits per heavy atom. The molecule has 0 aliphatic carbocycles. The molecule has 0 saturated heterocycles. The van der Waals surface area contributed by atoms with Crippen LogP contribution >= 0.6 is 11.3 Å². The predicted octanol–water partition coefficient (Wildman–Crippen LogP) is 4.05. The van der Waals surface area contributed by atoms with Crippen LogP contribution in [0.25, 0.3) is 23.0 Å². The van der Waals surface area contributed by atoms with E-state index in [4.69, 9.17) is 4.74 Å². The first-order valence-corrected chi connectivity index (χ1v) is 13.7. The number of carbonyl (C=O) groups excluding carboxylic acids is 1. The Hall–Kier alpha value is -4.89. The van der Waals surface area contributed by atoms with Crippen LogP contribution in [0.5, 0.6) is 0 Å². The van der Waals surface area contributed by atoms with Crippen LogP contribution in [-0.4, -0.2) is 32.1 Å². The van der Waals surface area contributed by atoms with Crippen LogP contribution in [0.1, 0.15) is 31.0 Å². The number of carbonyl (C=O) groups is 1. The van der Waals surface area contributed by atoms with Crippen molar-refractivity contribution in [1.82, 2.24) is 19.6 Å². The van der Waals surface area contributed by atoms with Crippen LogP contribution in [0.3, 0.4) is 0 Å². The van der Waals surface area contributed by atoms with Gasteiger partial charge in [-0.15, -0.1) is 5.10 Å². The summed E-state index contributed by atoms with van der Waals surface area (Å²) < 4.78 is 9.18. The summed E-state index contributed by atoms with van der Waals surface area (Å²) >= 11 is 1.30. The van der Waals surface area contributed by atoms with E-state index >= 15 is 0 Å². The van der Waals surface area contributed by atoms with Gasteiger partial charge in [-0.3, -0.25) is 9.36 Å². The van der Waals surface area contributed by atoms with Crippen LogP contribution < -0.4 is 14.9 Å². The van der Waals surface area contributed by atoms with E-state index in [-0.39, 0.29) is 12.2 Å². The highest BCUT2D eigenvalue weighted by Gasteiger charge is 2.33. The molecule has 1 aliphatic rings. The molecule has 3 heterocycles. The number of hydrogen-bond acceptors (Lipinski definition) is 7. The maximum atomic E-state index is 13.8. The Balaban J connectivity index is 1.42. The first-order valence-electron chi connectivity index (χ1n) is 12.9. The van der Waals surface area contributed by atoms with Crippen LogP contribution in [0.4, 0.5) is 0 Å². The maximum absolute atomic E-state index is 13.8. The lowest BCUT2D eigenvalue weighted by Gasteiger charge is -2.24. The SMILES string of the molecule is CCOC(=O)C1=C(C)N=c2s/c(=C\c3cccc(-n4cc(-c5ccccc5)nn4)c3)c(=O)n2C1c1ccccc1. The van der Waals surface area contributed by atoms with Crippen LogP contribution in [0.15, 0.2) is 112 Å². The van der Waals surface area contributed by atoms with E-state index in [0.717, 1.165) is 28.1 Å². The first kappa shape index (κ1) is 25.4. The molecular weight excluding hydrogens is 522 g/mol. The molecule has 0 N–H and O–H groups in total. The number of rotatable bonds is 6. The minimum atomic E-state index is -0.628. The van der Waals surface area contributed by atoms with Crippen molar-refractivity contribution < 1.29 is 9.53 Å². The van der Waals surface area contributed by atoms with Gasteiger partial charge in [0.05, 0.1) is 40.3 Å². The van der Waals surface area contributed by atoms with Crippen molar-refractivity contribution in [2.24, 2.45) is 4.99 Å². The highest BCUT2D eigenvalue weighted by atomic mass is 32.1. The Labute approximate surface area is 233 Å². The highest BCUT2D eigenvalue weighted by Crippen LogP contribution is 2.30. The summed E-state index contributed by atoms with van der Waals surface area (Å²) in [7, 11) is 0. The van der Waals surface area contributed by atoms with Crippen molar-refractivity contribution in [3.05, 3.63) is 133 Å². The van der Waals surface area contributed by atoms with Crippen molar-refractivity contribution in [2.75, 3.05) is 6.61 Å². The normalized spacial score (nSPS) is 15.1. The second-order valence-electron chi connectivity index (χ2n) is 9.22. The molecular formula is C31H25N5O3S. The zero-order valence-electron chi connectivity index (χ0n) is 21.9. The molecule has 0 bridgehead atoms. The molecule has 198 valence electrons. The second kappa shape index (κ2) is 10.7. The van der Waals surface area contributed by atoms with Crippen LogP contribution in [0, 0.1) is 0 Å². The van der Waals surface area contributed by atoms with Gasteiger partial charge in [0, 0.05) is 5.56 Å². The van der Waals surface area contributed by atoms with E-state index < -0.39 is 12.0 Å². The quantitative estimate of drug-likeness (QED) is 0.299. The zero-order valence-corrected chi connectivity index (χ0v) is 22.7. The van der Waals surface area contributed by atoms with Gasteiger partial charge >= 0.3 is 5.97 Å². The fourth-order valence-corrected chi connectivity index (χ4v) is 5.83. The van der Waals surface area contributed by atoms with Crippen molar-refractivity contribution in [3.63, 3.8) is 0 Å². The fraction of sp³-hybridized carbons (Fsp3) is 0.129. The topological polar surface area (TPSA) is 91.4 Å². The molecule has 40 heavy (non-hydrogen) atoms. The summed E-state index contributed by atoms with van der Waals surface area (Å²) in [6.45, 7) is 3.78. The Kier molecular flexibility index (Phi) is 6.79. The molecule has 0 amide bonds. The van der Waals surface area contributed by atoms with Gasteiger partial charge in [0.1, 0.15) is 5.69 Å². The fourth-order valence-electron chi connectivity index (χ4n) is 4.78. The second-order valence-corrected chi connectivity index (χ2v) is 10.2. The third kappa shape index (κ3) is 4.71. The maximum Gasteiger partial charge on any atom is 0.338 e. The lowest BCUT2D eigenvalue weighted by Crippen LogP contribution is -2.39. The van der Waals surface area contributed by atoms with Gasteiger partial charge in [0.15, 0.2) is 4.80 Å². The molecule has 0 saturated carbocycles. The Bertz CT molecular complexity index is 1920. The molecule has 3 aromatic carbocycles. The first-order chi connectivity index (χ1) is 19.5. The van der Waals surface area contributed by atoms with Crippen molar-refractivity contribution in [2.45, 2.75) is 19.9 Å². The molecule has 1 aliphatic heterocycles. The van der Waals surface area contributed by atoms with E-state index in [0.29, 0.717) is 20.6 Å². The van der Waals surface area contributed by atoms with Crippen LogP contribution in [-0.2, 0) is 9.53 Å². The van der Waals surface area contributed by atoms with Gasteiger partial charge in [-0.1, -0.05) is 89.3 Å². The average molecular weight is 548 g/mol. The number of ether oxygens (including phenoxy) is 1. The number of fused-ring (bicyclic) bond motifs is 1. The molecule has 0 fully saturated rings. The number of benzene rings is 3. The number of thiazole rings is 1. The summed E-state index contributed by atoms with van der Waals surface area (Å²) in [6, 6.07) is 26.5.